The van der Waals surface area contributed by atoms with E-state index in [1.807, 2.05) is 6.92 Å². The molecular weight excluding hydrogens is 887 g/mol. The van der Waals surface area contributed by atoms with Gasteiger partial charge in [-0.15, -0.1) is 0 Å². The van der Waals surface area contributed by atoms with Crippen molar-refractivity contribution in [2.24, 2.45) is 11.8 Å². The van der Waals surface area contributed by atoms with Crippen LogP contribution in [0.25, 0.3) is 0 Å². The first kappa shape index (κ1) is 62.0. The van der Waals surface area contributed by atoms with Crippen LogP contribution in [0.3, 0.4) is 0 Å². The summed E-state index contributed by atoms with van der Waals surface area (Å²) in [5, 5.41) is 11.7. The summed E-state index contributed by atoms with van der Waals surface area (Å²) < 4.78 is 31.5. The van der Waals surface area contributed by atoms with E-state index in [-0.39, 0.29) is 56.3 Å². The number of unbranched alkanes of at least 4 members (excludes halogenated alkanes) is 9. The molecular formula is C55H107NO8Si3. The molecule has 2 aliphatic rings. The average Bonchev–Trinajstić information content (AvgIpc) is 3.71. The van der Waals surface area contributed by atoms with Crippen molar-refractivity contribution in [3.05, 3.63) is 23.5 Å². The Labute approximate surface area is 416 Å². The lowest BCUT2D eigenvalue weighted by Gasteiger charge is -2.39. The Kier molecular flexibility index (Phi) is 26.1. The summed E-state index contributed by atoms with van der Waals surface area (Å²) in [6.07, 6.45) is 25.8. The Bertz CT molecular complexity index is 1500. The highest BCUT2D eigenvalue weighted by Gasteiger charge is 2.52. The molecule has 0 spiro atoms. The van der Waals surface area contributed by atoms with Crippen molar-refractivity contribution < 1.29 is 37.4 Å². The van der Waals surface area contributed by atoms with Crippen LogP contribution < -0.4 is 0 Å². The van der Waals surface area contributed by atoms with Crippen molar-refractivity contribution in [2.75, 3.05) is 27.1 Å². The van der Waals surface area contributed by atoms with Crippen LogP contribution >= 0.6 is 0 Å². The first-order valence-electron chi connectivity index (χ1n) is 27.0. The lowest BCUT2D eigenvalue weighted by molar-refractivity contribution is -0.125. The van der Waals surface area contributed by atoms with Crippen LogP contribution in [0.4, 0.5) is 0 Å². The summed E-state index contributed by atoms with van der Waals surface area (Å²) in [5.74, 6) is -0.390. The van der Waals surface area contributed by atoms with Gasteiger partial charge < -0.3 is 32.8 Å². The van der Waals surface area contributed by atoms with E-state index in [0.29, 0.717) is 31.8 Å². The monoisotopic (exact) mass is 994 g/mol. The topological polar surface area (TPSA) is 104 Å². The highest BCUT2D eigenvalue weighted by molar-refractivity contribution is 6.75. The van der Waals surface area contributed by atoms with E-state index in [1.165, 1.54) is 51.4 Å². The number of aliphatic hydroxyl groups is 1. The molecule has 2 saturated heterocycles. The maximum atomic E-state index is 13.4. The maximum Gasteiger partial charge on any atom is 0.261 e. The molecule has 1 amide bonds. The van der Waals surface area contributed by atoms with E-state index in [4.69, 9.17) is 22.8 Å². The van der Waals surface area contributed by atoms with Crippen LogP contribution in [-0.2, 0) is 32.3 Å². The average molecular weight is 995 g/mol. The molecule has 0 unspecified atom stereocenters. The van der Waals surface area contributed by atoms with Crippen LogP contribution in [0.1, 0.15) is 198 Å². The van der Waals surface area contributed by atoms with Crippen molar-refractivity contribution in [1.29, 1.82) is 0 Å². The molecule has 392 valence electrons. The third kappa shape index (κ3) is 20.9. The predicted octanol–water partition coefficient (Wildman–Crippen LogP) is 15.6. The summed E-state index contributed by atoms with van der Waals surface area (Å²) in [4.78, 5) is 28.5. The molecule has 2 fully saturated rings. The van der Waals surface area contributed by atoms with E-state index in [0.717, 1.165) is 70.8 Å². The first-order chi connectivity index (χ1) is 31.0. The van der Waals surface area contributed by atoms with E-state index in [2.05, 4.69) is 121 Å². The molecule has 2 aliphatic heterocycles. The van der Waals surface area contributed by atoms with Gasteiger partial charge in [0, 0.05) is 38.7 Å². The second-order valence-electron chi connectivity index (χ2n) is 25.4. The molecule has 67 heavy (non-hydrogen) atoms. The van der Waals surface area contributed by atoms with Crippen molar-refractivity contribution in [3.8, 4) is 0 Å². The molecule has 0 bridgehead atoms. The summed E-state index contributed by atoms with van der Waals surface area (Å²) >= 11 is 0. The van der Waals surface area contributed by atoms with E-state index < -0.39 is 31.0 Å². The summed E-state index contributed by atoms with van der Waals surface area (Å²) in [5.41, 5.74) is 0.0186. The van der Waals surface area contributed by atoms with Crippen molar-refractivity contribution in [3.63, 3.8) is 0 Å². The van der Waals surface area contributed by atoms with Gasteiger partial charge in [0.15, 0.2) is 30.7 Å². The van der Waals surface area contributed by atoms with Crippen LogP contribution in [0.5, 0.6) is 0 Å². The molecule has 0 radical (unpaired) electrons. The van der Waals surface area contributed by atoms with E-state index >= 15 is 0 Å². The Morgan fingerprint density at radius 2 is 1.24 bits per heavy atom. The molecule has 0 aliphatic carbocycles. The standard InChI is InChI=1S/C55H107NO8Si3/c1-43(39-44(2)50(57)49-51(58)48-40-47(41-56(48)52(49)59)64-67(17,18)55(9,10)11)33-28-24-21-19-20-22-25-29-34-45(61-42-60-12)36-32-37-46(63-66(15,16)54(6,7)8)35-30-26-23-27-31-38-62-65(13,14)53(3,4)5/h25,29,43-48,57H,19-24,26-28,30-42H2,1-18H3/b29-25+,50-49-/t43-,44+,45+,46-,47-,48+/m1/s1. The van der Waals surface area contributed by atoms with Crippen molar-refractivity contribution in [2.45, 2.75) is 277 Å². The third-order valence-corrected chi connectivity index (χ3v) is 30.0. The fourth-order valence-corrected chi connectivity index (χ4v) is 12.6. The number of ether oxygens (including phenoxy) is 2. The van der Waals surface area contributed by atoms with Gasteiger partial charge in [-0.3, -0.25) is 9.59 Å². The van der Waals surface area contributed by atoms with Gasteiger partial charge in [0.25, 0.3) is 5.91 Å². The van der Waals surface area contributed by atoms with Gasteiger partial charge in [-0.05, 0) is 118 Å². The molecule has 2 rings (SSSR count). The highest BCUT2D eigenvalue weighted by atomic mass is 28.4. The number of aliphatic hydroxyl groups excluding tert-OH is 1. The fourth-order valence-electron chi connectivity index (χ4n) is 8.74. The number of rotatable bonds is 33. The smallest absolute Gasteiger partial charge is 0.261 e. The quantitative estimate of drug-likeness (QED) is 0.0132. The summed E-state index contributed by atoms with van der Waals surface area (Å²) in [7, 11) is -3.84. The molecule has 1 N–H and O–H groups in total. The molecule has 0 aromatic rings. The summed E-state index contributed by atoms with van der Waals surface area (Å²) in [6, 6.07) is -0.506. The Morgan fingerprint density at radius 3 is 1.82 bits per heavy atom. The fraction of sp³-hybridized carbons (Fsp3) is 0.891. The molecule has 9 nitrogen and oxygen atoms in total. The number of carbonyl (C=O) groups is 2. The number of carbonyl (C=O) groups excluding carboxylic acids is 2. The molecule has 0 aromatic carbocycles. The number of amides is 1. The van der Waals surface area contributed by atoms with Gasteiger partial charge in [-0.2, -0.15) is 0 Å². The second-order valence-corrected chi connectivity index (χ2v) is 39.7. The number of hydrogen-bond donors (Lipinski definition) is 1. The normalized spacial score (nSPS) is 20.5. The van der Waals surface area contributed by atoms with Gasteiger partial charge in [0.1, 0.15) is 18.1 Å². The summed E-state index contributed by atoms with van der Waals surface area (Å²) in [6.45, 7) is 40.3. The molecule has 12 heteroatoms. The molecule has 0 saturated carbocycles. The lowest BCUT2D eigenvalue weighted by Crippen LogP contribution is -2.44. The van der Waals surface area contributed by atoms with Crippen LogP contribution in [-0.4, -0.2) is 98.1 Å². The number of methoxy groups -OCH3 is 1. The molecule has 2 heterocycles. The lowest BCUT2D eigenvalue weighted by atomic mass is 9.89. The largest absolute Gasteiger partial charge is 0.511 e. The van der Waals surface area contributed by atoms with Crippen molar-refractivity contribution >= 4 is 36.6 Å². The van der Waals surface area contributed by atoms with E-state index in [1.54, 1.807) is 12.0 Å². The van der Waals surface area contributed by atoms with Gasteiger partial charge in [-0.1, -0.05) is 146 Å². The van der Waals surface area contributed by atoms with Crippen LogP contribution in [0, 0.1) is 11.8 Å². The SMILES string of the molecule is COCO[C@@H](C/C=C/CCCCCCC[C@@H](C)C[C@H](C)/C(O)=C1\C(=O)[C@@H]2C[C@@H](O[Si](C)(C)C(C)(C)C)CN2C1=O)CCC[C@@H](CCCCCCCO[Si](C)(C)C(C)(C)C)O[Si](C)(C)C(C)(C)C. The Balaban J connectivity index is 1.71. The maximum absolute atomic E-state index is 13.4. The zero-order valence-corrected chi connectivity index (χ0v) is 49.9. The minimum absolute atomic E-state index is 0.0186. The van der Waals surface area contributed by atoms with E-state index in [9.17, 15) is 14.7 Å². The van der Waals surface area contributed by atoms with Crippen molar-refractivity contribution in [1.82, 2.24) is 4.90 Å². The predicted molar refractivity (Wildman–Crippen MR) is 289 cm³/mol. The number of ketones is 1. The van der Waals surface area contributed by atoms with Gasteiger partial charge in [0.05, 0.1) is 18.2 Å². The zero-order valence-electron chi connectivity index (χ0n) is 46.9. The number of Topliss-reactive ketones (excluding diaryl/α,β-unsaturated/α-hetero) is 1. The molecule has 6 atom stereocenters. The minimum atomic E-state index is -2.02. The number of allylic oxidation sites excluding steroid dienone is 2. The number of hydrogen-bond acceptors (Lipinski definition) is 8. The first-order valence-corrected chi connectivity index (χ1v) is 35.7. The Morgan fingerprint density at radius 1 is 0.701 bits per heavy atom. The number of nitrogens with zero attached hydrogens (tertiary/aromatic N) is 1. The van der Waals surface area contributed by atoms with Gasteiger partial charge in [0.2, 0.25) is 0 Å². The Hall–Kier alpha value is -1.13. The van der Waals surface area contributed by atoms with Gasteiger partial charge >= 0.3 is 0 Å². The zero-order chi connectivity index (χ0) is 50.9. The van der Waals surface area contributed by atoms with Crippen LogP contribution in [0.2, 0.25) is 54.4 Å². The van der Waals surface area contributed by atoms with Crippen LogP contribution in [0.15, 0.2) is 23.5 Å². The third-order valence-electron chi connectivity index (χ3n) is 16.3. The van der Waals surface area contributed by atoms with Gasteiger partial charge in [-0.25, -0.2) is 0 Å². The highest BCUT2D eigenvalue weighted by Crippen LogP contribution is 2.42. The number of fused-ring (bicyclic) bond motifs is 1. The second kappa shape index (κ2) is 28.2. The minimum Gasteiger partial charge on any atom is -0.511 e. The molecule has 0 aromatic heterocycles.